The summed E-state index contributed by atoms with van der Waals surface area (Å²) in [6.45, 7) is 1.94. The lowest BCUT2D eigenvalue weighted by molar-refractivity contribution is 0.194. The molecule has 0 bridgehead atoms. The Hall–Kier alpha value is -4.82. The lowest BCUT2D eigenvalue weighted by atomic mass is 10.0. The molecule has 5 aromatic rings. The predicted molar refractivity (Wildman–Crippen MR) is 132 cm³/mol. The van der Waals surface area contributed by atoms with E-state index < -0.39 is 6.09 Å². The number of H-pyrrole nitrogens is 1. The maximum atomic E-state index is 11.4. The number of para-hydroxylation sites is 1. The van der Waals surface area contributed by atoms with E-state index in [1.54, 1.807) is 25.4 Å². The number of aromatic nitrogens is 4. The summed E-state index contributed by atoms with van der Waals surface area (Å²) >= 11 is 0. The van der Waals surface area contributed by atoms with Gasteiger partial charge in [-0.2, -0.15) is 9.78 Å². The molecular formula is C25H21N7O3. The molecule has 3 heterocycles. The van der Waals surface area contributed by atoms with Crippen LogP contribution in [0, 0.1) is 6.92 Å². The van der Waals surface area contributed by atoms with Gasteiger partial charge in [0, 0.05) is 45.6 Å². The molecule has 2 N–H and O–H groups in total. The van der Waals surface area contributed by atoms with E-state index in [1.807, 2.05) is 48.7 Å². The molecule has 0 saturated heterocycles. The molecule has 0 saturated carbocycles. The Labute approximate surface area is 199 Å². The average Bonchev–Trinajstić information content (AvgIpc) is 3.43. The van der Waals surface area contributed by atoms with Gasteiger partial charge in [-0.1, -0.05) is 29.4 Å². The van der Waals surface area contributed by atoms with Gasteiger partial charge in [-0.15, -0.1) is 0 Å². The Morgan fingerprint density at radius 1 is 1.20 bits per heavy atom. The first-order chi connectivity index (χ1) is 17.0. The fourth-order valence-corrected chi connectivity index (χ4v) is 4.24. The van der Waals surface area contributed by atoms with Crippen molar-refractivity contribution in [1.29, 1.82) is 0 Å². The van der Waals surface area contributed by atoms with Gasteiger partial charge in [0.05, 0.1) is 24.0 Å². The number of nitrogens with zero attached hydrogens (tertiary/aromatic N) is 6. The molecule has 174 valence electrons. The fraction of sp³-hybridized carbons (Fsp3) is 0.160. The molecule has 10 nitrogen and oxygen atoms in total. The van der Waals surface area contributed by atoms with E-state index >= 15 is 0 Å². The average molecular weight is 467 g/mol. The van der Waals surface area contributed by atoms with Crippen molar-refractivity contribution in [2.75, 3.05) is 6.54 Å². The number of carbonyl (C=O) groups is 1. The second-order valence-corrected chi connectivity index (χ2v) is 8.14. The second-order valence-electron chi connectivity index (χ2n) is 8.14. The zero-order valence-electron chi connectivity index (χ0n) is 18.8. The highest BCUT2D eigenvalue weighted by atomic mass is 16.5. The molecule has 0 amide bonds. The topological polar surface area (TPSA) is 142 Å². The van der Waals surface area contributed by atoms with Crippen LogP contribution in [-0.4, -0.2) is 43.6 Å². The first-order valence-corrected chi connectivity index (χ1v) is 10.9. The van der Waals surface area contributed by atoms with E-state index in [0.717, 1.165) is 37.7 Å². The van der Waals surface area contributed by atoms with Gasteiger partial charge in [-0.25, -0.2) is 4.79 Å². The Balaban J connectivity index is 1.43. The lowest BCUT2D eigenvalue weighted by Gasteiger charge is -2.17. The summed E-state index contributed by atoms with van der Waals surface area (Å²) in [5.41, 5.74) is 13.8. The number of hydrogen-bond donors (Lipinski definition) is 2. The summed E-state index contributed by atoms with van der Waals surface area (Å²) in [4.78, 5) is 21.9. The zero-order chi connectivity index (χ0) is 24.4. The lowest BCUT2D eigenvalue weighted by Crippen LogP contribution is -2.23. The summed E-state index contributed by atoms with van der Waals surface area (Å²) in [5.74, 6) is 0.540. The van der Waals surface area contributed by atoms with Gasteiger partial charge < -0.3 is 14.8 Å². The highest BCUT2D eigenvalue weighted by Gasteiger charge is 2.16. The predicted octanol–water partition coefficient (Wildman–Crippen LogP) is 5.71. The van der Waals surface area contributed by atoms with Crippen LogP contribution in [0.4, 0.5) is 4.79 Å². The van der Waals surface area contributed by atoms with Gasteiger partial charge in [0.15, 0.2) is 0 Å². The van der Waals surface area contributed by atoms with Crippen LogP contribution in [0.5, 0.6) is 5.75 Å². The van der Waals surface area contributed by atoms with Gasteiger partial charge in [0.2, 0.25) is 0 Å². The smallest absolute Gasteiger partial charge is 0.432 e. The van der Waals surface area contributed by atoms with E-state index in [-0.39, 0.29) is 12.6 Å². The van der Waals surface area contributed by atoms with Gasteiger partial charge in [-0.05, 0) is 47.8 Å². The summed E-state index contributed by atoms with van der Waals surface area (Å²) in [6, 6.07) is 15.3. The molecule has 0 aliphatic rings. The third-order valence-corrected chi connectivity index (χ3v) is 5.87. The number of benzene rings is 2. The van der Waals surface area contributed by atoms with Crippen molar-refractivity contribution in [3.8, 4) is 16.9 Å². The van der Waals surface area contributed by atoms with Crippen LogP contribution in [0.2, 0.25) is 0 Å². The number of ether oxygens (including phenoxy) is 1. The Kier molecular flexibility index (Phi) is 5.78. The minimum Gasteiger partial charge on any atom is -0.488 e. The van der Waals surface area contributed by atoms with Crippen LogP contribution in [-0.2, 0) is 6.42 Å². The van der Waals surface area contributed by atoms with Crippen LogP contribution in [0.15, 0.2) is 72.2 Å². The van der Waals surface area contributed by atoms with Gasteiger partial charge in [0.1, 0.15) is 11.9 Å². The SMILES string of the molecule is Cc1nn(C(=O)O)c2ccc(-c3cncc(OC(CN=[N+]=[N-])Cc4c[nH]c5ccccc45)c3)cc12. The molecule has 35 heavy (non-hydrogen) atoms. The molecule has 2 aromatic carbocycles. The number of nitrogens with one attached hydrogen (secondary N) is 1. The van der Waals surface area contributed by atoms with Crippen molar-refractivity contribution >= 4 is 27.9 Å². The fourth-order valence-electron chi connectivity index (χ4n) is 4.24. The molecular weight excluding hydrogens is 446 g/mol. The molecule has 5 rings (SSSR count). The summed E-state index contributed by atoms with van der Waals surface area (Å²) in [5, 5.41) is 19.0. The van der Waals surface area contributed by atoms with Crippen molar-refractivity contribution in [2.24, 2.45) is 5.11 Å². The van der Waals surface area contributed by atoms with Crippen LogP contribution < -0.4 is 4.74 Å². The molecule has 0 spiro atoms. The Bertz CT molecular complexity index is 1600. The molecule has 0 radical (unpaired) electrons. The van der Waals surface area contributed by atoms with Gasteiger partial charge in [0.25, 0.3) is 0 Å². The monoisotopic (exact) mass is 467 g/mol. The summed E-state index contributed by atoms with van der Waals surface area (Å²) in [7, 11) is 0. The molecule has 1 unspecified atom stereocenters. The highest BCUT2D eigenvalue weighted by molar-refractivity contribution is 5.92. The van der Waals surface area contributed by atoms with E-state index in [4.69, 9.17) is 10.3 Å². The molecule has 1 atom stereocenters. The van der Waals surface area contributed by atoms with Crippen molar-refractivity contribution < 1.29 is 14.6 Å². The normalized spacial score (nSPS) is 11.9. The highest BCUT2D eigenvalue weighted by Crippen LogP contribution is 2.29. The van der Waals surface area contributed by atoms with E-state index in [9.17, 15) is 9.90 Å². The van der Waals surface area contributed by atoms with Crippen LogP contribution in [0.1, 0.15) is 11.3 Å². The minimum atomic E-state index is -1.13. The van der Waals surface area contributed by atoms with Crippen molar-refractivity contribution in [1.82, 2.24) is 19.7 Å². The zero-order valence-corrected chi connectivity index (χ0v) is 18.8. The molecule has 3 aromatic heterocycles. The minimum absolute atomic E-state index is 0.166. The third-order valence-electron chi connectivity index (χ3n) is 5.87. The number of fused-ring (bicyclic) bond motifs is 2. The molecule has 10 heteroatoms. The van der Waals surface area contributed by atoms with Crippen molar-refractivity contribution in [3.63, 3.8) is 0 Å². The summed E-state index contributed by atoms with van der Waals surface area (Å²) in [6.07, 6.45) is 4.31. The second kappa shape index (κ2) is 9.20. The summed E-state index contributed by atoms with van der Waals surface area (Å²) < 4.78 is 7.18. The maximum absolute atomic E-state index is 11.4. The number of aryl methyl sites for hydroxylation is 1. The van der Waals surface area contributed by atoms with Crippen LogP contribution in [0.3, 0.4) is 0 Å². The molecule has 0 aliphatic carbocycles. The number of carboxylic acid groups (broad SMARTS) is 1. The standard InChI is InChI=1S/C25H21N7O3/c1-15-22-10-16(6-7-24(22)32(30-15)25(33)34)17-8-19(13-27-11-17)35-20(14-29-31-26)9-18-12-28-23-5-3-2-4-21(18)23/h2-8,10-13,20,28H,9,14H2,1H3,(H,33,34). The van der Waals surface area contributed by atoms with Crippen LogP contribution >= 0.6 is 0 Å². The van der Waals surface area contributed by atoms with Gasteiger partial charge >= 0.3 is 6.09 Å². The number of aromatic amines is 1. The van der Waals surface area contributed by atoms with E-state index in [0.29, 0.717) is 23.4 Å². The van der Waals surface area contributed by atoms with Crippen molar-refractivity contribution in [2.45, 2.75) is 19.4 Å². The van der Waals surface area contributed by atoms with E-state index in [2.05, 4.69) is 25.1 Å². The van der Waals surface area contributed by atoms with Crippen LogP contribution in [0.25, 0.3) is 43.4 Å². The third kappa shape index (κ3) is 4.38. The quantitative estimate of drug-likeness (QED) is 0.179. The van der Waals surface area contributed by atoms with E-state index in [1.165, 1.54) is 0 Å². The Morgan fingerprint density at radius 3 is 2.89 bits per heavy atom. The number of rotatable bonds is 7. The number of hydrogen-bond acceptors (Lipinski definition) is 5. The first kappa shape index (κ1) is 22.0. The molecule has 0 aliphatic heterocycles. The van der Waals surface area contributed by atoms with Gasteiger partial charge in [-0.3, -0.25) is 4.98 Å². The number of azide groups is 1. The Morgan fingerprint density at radius 2 is 2.06 bits per heavy atom. The first-order valence-electron chi connectivity index (χ1n) is 10.9. The number of pyridine rings is 1. The maximum Gasteiger partial charge on any atom is 0.432 e. The molecule has 0 fully saturated rings. The largest absolute Gasteiger partial charge is 0.488 e. The van der Waals surface area contributed by atoms with Crippen molar-refractivity contribution in [3.05, 3.63) is 88.8 Å².